The first-order valence-corrected chi connectivity index (χ1v) is 6.88. The predicted octanol–water partition coefficient (Wildman–Crippen LogP) is 2.96. The summed E-state index contributed by atoms with van der Waals surface area (Å²) in [5.41, 5.74) is 2.83. The highest BCUT2D eigenvalue weighted by molar-refractivity contribution is 9.10. The van der Waals surface area contributed by atoms with Gasteiger partial charge in [0.1, 0.15) is 0 Å². The summed E-state index contributed by atoms with van der Waals surface area (Å²) in [5, 5.41) is 7.00. The lowest BCUT2D eigenvalue weighted by Gasteiger charge is -2.31. The third-order valence-electron chi connectivity index (χ3n) is 3.87. The van der Waals surface area contributed by atoms with Crippen molar-refractivity contribution in [3.8, 4) is 0 Å². The van der Waals surface area contributed by atoms with Gasteiger partial charge >= 0.3 is 0 Å². The summed E-state index contributed by atoms with van der Waals surface area (Å²) in [5.74, 6) is 1.57. The van der Waals surface area contributed by atoms with Gasteiger partial charge in [-0.05, 0) is 65.3 Å². The molecule has 2 atom stereocenters. The van der Waals surface area contributed by atoms with Crippen LogP contribution in [0, 0.1) is 5.92 Å². The number of hydrogen-bond donors (Lipinski definition) is 2. The van der Waals surface area contributed by atoms with Gasteiger partial charge in [0.2, 0.25) is 0 Å². The van der Waals surface area contributed by atoms with Crippen LogP contribution in [0.1, 0.15) is 24.3 Å². The normalized spacial score (nSPS) is 28.6. The Morgan fingerprint density at radius 3 is 2.94 bits per heavy atom. The summed E-state index contributed by atoms with van der Waals surface area (Å²) in [6.45, 7) is 3.49. The number of fused-ring (bicyclic) bond motifs is 1. The van der Waals surface area contributed by atoms with E-state index < -0.39 is 0 Å². The lowest BCUT2D eigenvalue weighted by Crippen LogP contribution is -2.24. The fraction of sp³-hybridized carbons (Fsp3) is 0.538. The molecule has 2 nitrogen and oxygen atoms in total. The van der Waals surface area contributed by atoms with Crippen molar-refractivity contribution in [1.82, 2.24) is 5.32 Å². The average Bonchev–Trinajstić information content (AvgIpc) is 2.82. The standard InChI is InChI=1S/C13H17BrN2/c14-12-3-1-2-11-10(5-7-16-13(11)12)9-4-6-15-8-9/h1-3,9-10,15-16H,4-8H2. The first-order valence-electron chi connectivity index (χ1n) is 6.09. The Morgan fingerprint density at radius 1 is 1.19 bits per heavy atom. The molecule has 1 fully saturated rings. The molecule has 1 aromatic carbocycles. The summed E-state index contributed by atoms with van der Waals surface area (Å²) in [7, 11) is 0. The van der Waals surface area contributed by atoms with Gasteiger partial charge in [0, 0.05) is 11.0 Å². The van der Waals surface area contributed by atoms with Crippen LogP contribution in [-0.4, -0.2) is 19.6 Å². The Morgan fingerprint density at radius 2 is 2.12 bits per heavy atom. The lowest BCUT2D eigenvalue weighted by atomic mass is 9.80. The third-order valence-corrected chi connectivity index (χ3v) is 4.53. The van der Waals surface area contributed by atoms with Gasteiger partial charge in [-0.15, -0.1) is 0 Å². The first kappa shape index (κ1) is 10.6. The van der Waals surface area contributed by atoms with Crippen LogP contribution in [0.2, 0.25) is 0 Å². The van der Waals surface area contributed by atoms with Gasteiger partial charge in [0.05, 0.1) is 5.69 Å². The van der Waals surface area contributed by atoms with E-state index in [-0.39, 0.29) is 0 Å². The maximum Gasteiger partial charge on any atom is 0.0520 e. The smallest absolute Gasteiger partial charge is 0.0520 e. The Kier molecular flexibility index (Phi) is 2.90. The molecule has 0 aliphatic carbocycles. The molecule has 3 rings (SSSR count). The van der Waals surface area contributed by atoms with Crippen molar-refractivity contribution < 1.29 is 0 Å². The molecular formula is C13H17BrN2. The van der Waals surface area contributed by atoms with E-state index in [1.165, 1.54) is 41.7 Å². The topological polar surface area (TPSA) is 24.1 Å². The number of nitrogens with one attached hydrogen (secondary N) is 2. The zero-order chi connectivity index (χ0) is 11.0. The van der Waals surface area contributed by atoms with E-state index in [9.17, 15) is 0 Å². The summed E-state index contributed by atoms with van der Waals surface area (Å²) >= 11 is 3.64. The Bertz CT molecular complexity index is 386. The Labute approximate surface area is 105 Å². The molecule has 0 saturated carbocycles. The molecule has 86 valence electrons. The quantitative estimate of drug-likeness (QED) is 0.827. The largest absolute Gasteiger partial charge is 0.384 e. The summed E-state index contributed by atoms with van der Waals surface area (Å²) in [6.07, 6.45) is 2.60. The summed E-state index contributed by atoms with van der Waals surface area (Å²) in [6, 6.07) is 6.57. The van der Waals surface area contributed by atoms with Gasteiger partial charge in [0.25, 0.3) is 0 Å². The van der Waals surface area contributed by atoms with Gasteiger partial charge in [0.15, 0.2) is 0 Å². The van der Waals surface area contributed by atoms with E-state index in [4.69, 9.17) is 0 Å². The molecule has 3 heteroatoms. The Hall–Kier alpha value is -0.540. The van der Waals surface area contributed by atoms with Crippen molar-refractivity contribution in [3.05, 3.63) is 28.2 Å². The minimum atomic E-state index is 0.740. The number of para-hydroxylation sites is 1. The second-order valence-electron chi connectivity index (χ2n) is 4.78. The highest BCUT2D eigenvalue weighted by Gasteiger charge is 2.30. The molecule has 0 aromatic heterocycles. The van der Waals surface area contributed by atoms with Crippen molar-refractivity contribution in [2.45, 2.75) is 18.8 Å². The number of halogens is 1. The number of benzene rings is 1. The van der Waals surface area contributed by atoms with Crippen molar-refractivity contribution in [3.63, 3.8) is 0 Å². The van der Waals surface area contributed by atoms with Crippen LogP contribution in [-0.2, 0) is 0 Å². The summed E-state index contributed by atoms with van der Waals surface area (Å²) in [4.78, 5) is 0. The van der Waals surface area contributed by atoms with Gasteiger partial charge < -0.3 is 10.6 Å². The van der Waals surface area contributed by atoms with E-state index in [0.717, 1.165) is 18.4 Å². The maximum absolute atomic E-state index is 3.64. The molecule has 0 bridgehead atoms. The van der Waals surface area contributed by atoms with E-state index >= 15 is 0 Å². The predicted molar refractivity (Wildman–Crippen MR) is 71.0 cm³/mol. The molecule has 2 N–H and O–H groups in total. The van der Waals surface area contributed by atoms with Crippen molar-refractivity contribution >= 4 is 21.6 Å². The maximum atomic E-state index is 3.64. The van der Waals surface area contributed by atoms with Gasteiger partial charge in [-0.25, -0.2) is 0 Å². The van der Waals surface area contributed by atoms with E-state index in [2.05, 4.69) is 44.8 Å². The highest BCUT2D eigenvalue weighted by Crippen LogP contribution is 2.41. The van der Waals surface area contributed by atoms with Crippen LogP contribution in [0.15, 0.2) is 22.7 Å². The van der Waals surface area contributed by atoms with Crippen LogP contribution >= 0.6 is 15.9 Å². The van der Waals surface area contributed by atoms with Crippen LogP contribution in [0.4, 0.5) is 5.69 Å². The minimum Gasteiger partial charge on any atom is -0.384 e. The second kappa shape index (κ2) is 4.38. The van der Waals surface area contributed by atoms with Crippen LogP contribution in [0.3, 0.4) is 0 Å². The monoisotopic (exact) mass is 280 g/mol. The molecule has 2 aliphatic heterocycles. The van der Waals surface area contributed by atoms with E-state index in [0.29, 0.717) is 0 Å². The van der Waals surface area contributed by atoms with Gasteiger partial charge in [-0.2, -0.15) is 0 Å². The molecule has 0 radical (unpaired) electrons. The fourth-order valence-electron chi connectivity index (χ4n) is 3.05. The summed E-state index contributed by atoms with van der Waals surface area (Å²) < 4.78 is 1.21. The number of anilines is 1. The molecule has 2 unspecified atom stereocenters. The molecule has 16 heavy (non-hydrogen) atoms. The molecular weight excluding hydrogens is 264 g/mol. The van der Waals surface area contributed by atoms with Crippen molar-refractivity contribution in [1.29, 1.82) is 0 Å². The average molecular weight is 281 g/mol. The van der Waals surface area contributed by atoms with Crippen molar-refractivity contribution in [2.75, 3.05) is 25.0 Å². The number of hydrogen-bond acceptors (Lipinski definition) is 2. The SMILES string of the molecule is Brc1cccc2c1NCCC2C1CCNC1. The van der Waals surface area contributed by atoms with Gasteiger partial charge in [-0.3, -0.25) is 0 Å². The minimum absolute atomic E-state index is 0.740. The fourth-order valence-corrected chi connectivity index (χ4v) is 3.58. The zero-order valence-electron chi connectivity index (χ0n) is 9.30. The molecule has 2 heterocycles. The molecule has 2 aliphatic rings. The van der Waals surface area contributed by atoms with Crippen LogP contribution in [0.5, 0.6) is 0 Å². The van der Waals surface area contributed by atoms with Gasteiger partial charge in [-0.1, -0.05) is 12.1 Å². The van der Waals surface area contributed by atoms with Crippen LogP contribution < -0.4 is 10.6 Å². The molecule has 0 amide bonds. The van der Waals surface area contributed by atoms with Crippen LogP contribution in [0.25, 0.3) is 0 Å². The second-order valence-corrected chi connectivity index (χ2v) is 5.63. The Balaban J connectivity index is 1.96. The zero-order valence-corrected chi connectivity index (χ0v) is 10.9. The number of rotatable bonds is 1. The van der Waals surface area contributed by atoms with Crippen molar-refractivity contribution in [2.24, 2.45) is 5.92 Å². The van der Waals surface area contributed by atoms with E-state index in [1.54, 1.807) is 0 Å². The highest BCUT2D eigenvalue weighted by atomic mass is 79.9. The first-order chi connectivity index (χ1) is 7.86. The molecule has 1 aromatic rings. The third kappa shape index (κ3) is 1.76. The molecule has 0 spiro atoms. The van der Waals surface area contributed by atoms with E-state index in [1.807, 2.05) is 0 Å². The lowest BCUT2D eigenvalue weighted by molar-refractivity contribution is 0.434. The molecule has 1 saturated heterocycles.